The van der Waals surface area contributed by atoms with Crippen LogP contribution in [0, 0.1) is 11.6 Å². The minimum Gasteiger partial charge on any atom is -0.459 e. The quantitative estimate of drug-likeness (QED) is 0.633. The zero-order valence-corrected chi connectivity index (χ0v) is 11.2. The third-order valence-electron chi connectivity index (χ3n) is 3.35. The number of esters is 1. The van der Waals surface area contributed by atoms with E-state index in [1.807, 2.05) is 0 Å². The number of alkyl halides is 2. The van der Waals surface area contributed by atoms with Gasteiger partial charge in [-0.3, -0.25) is 4.90 Å². The van der Waals surface area contributed by atoms with Crippen molar-refractivity contribution in [3.63, 3.8) is 0 Å². The van der Waals surface area contributed by atoms with Crippen LogP contribution < -0.4 is 0 Å². The zero-order chi connectivity index (χ0) is 15.4. The molecule has 1 aliphatic rings. The summed E-state index contributed by atoms with van der Waals surface area (Å²) in [5, 5.41) is 0. The molecule has 1 heterocycles. The maximum atomic E-state index is 13.4. The lowest BCUT2D eigenvalue weighted by atomic mass is 10.1. The van der Waals surface area contributed by atoms with E-state index >= 15 is 0 Å². The van der Waals surface area contributed by atoms with Crippen LogP contribution in [0.25, 0.3) is 0 Å². The van der Waals surface area contributed by atoms with Crippen LogP contribution in [-0.4, -0.2) is 43.0 Å². The van der Waals surface area contributed by atoms with Crippen molar-refractivity contribution >= 4 is 5.97 Å². The minimum absolute atomic E-state index is 0.306. The fourth-order valence-electron chi connectivity index (χ4n) is 2.27. The highest BCUT2D eigenvalue weighted by Gasteiger charge is 2.25. The van der Waals surface area contributed by atoms with E-state index in [0.29, 0.717) is 25.9 Å². The Balaban J connectivity index is 1.88. The number of hydrogen-bond acceptors (Lipinski definition) is 3. The van der Waals surface area contributed by atoms with Crippen molar-refractivity contribution in [3.8, 4) is 0 Å². The monoisotopic (exact) mass is 305 g/mol. The van der Waals surface area contributed by atoms with Gasteiger partial charge in [0.15, 0.2) is 0 Å². The van der Waals surface area contributed by atoms with Gasteiger partial charge in [0, 0.05) is 13.1 Å². The number of rotatable bonds is 4. The Morgan fingerprint density at radius 2 is 1.95 bits per heavy atom. The summed E-state index contributed by atoms with van der Waals surface area (Å²) in [5.41, 5.74) is -0.454. The second kappa shape index (κ2) is 6.89. The first-order valence-electron chi connectivity index (χ1n) is 6.62. The van der Waals surface area contributed by atoms with Gasteiger partial charge in [0.1, 0.15) is 17.7 Å². The summed E-state index contributed by atoms with van der Waals surface area (Å²) in [7, 11) is 0. The molecule has 0 unspecified atom stereocenters. The molecule has 1 fully saturated rings. The number of nitrogens with zero attached hydrogens (tertiary/aromatic N) is 1. The van der Waals surface area contributed by atoms with Crippen molar-refractivity contribution < 1.29 is 27.1 Å². The molecule has 0 bridgehead atoms. The summed E-state index contributed by atoms with van der Waals surface area (Å²) >= 11 is 0. The molecule has 7 heteroatoms. The van der Waals surface area contributed by atoms with Gasteiger partial charge in [-0.05, 0) is 31.0 Å². The average molecular weight is 305 g/mol. The van der Waals surface area contributed by atoms with Crippen LogP contribution in [-0.2, 0) is 4.74 Å². The Labute approximate surface area is 119 Å². The molecule has 116 valence electrons. The van der Waals surface area contributed by atoms with Crippen LogP contribution in [0.3, 0.4) is 0 Å². The zero-order valence-electron chi connectivity index (χ0n) is 11.2. The summed E-state index contributed by atoms with van der Waals surface area (Å²) in [5.74, 6) is -2.51. The lowest BCUT2D eigenvalue weighted by Crippen LogP contribution is -2.40. The van der Waals surface area contributed by atoms with Crippen LogP contribution in [0.15, 0.2) is 18.2 Å². The van der Waals surface area contributed by atoms with E-state index < -0.39 is 35.7 Å². The van der Waals surface area contributed by atoms with Crippen molar-refractivity contribution in [1.29, 1.82) is 0 Å². The molecule has 21 heavy (non-hydrogen) atoms. The summed E-state index contributed by atoms with van der Waals surface area (Å²) < 4.78 is 56.0. The van der Waals surface area contributed by atoms with Gasteiger partial charge in [-0.15, -0.1) is 0 Å². The Morgan fingerprint density at radius 1 is 1.29 bits per heavy atom. The van der Waals surface area contributed by atoms with Gasteiger partial charge in [0.2, 0.25) is 0 Å². The lowest BCUT2D eigenvalue weighted by Gasteiger charge is -2.31. The predicted molar refractivity (Wildman–Crippen MR) is 67.2 cm³/mol. The van der Waals surface area contributed by atoms with E-state index in [1.54, 1.807) is 4.90 Å². The Morgan fingerprint density at radius 3 is 2.57 bits per heavy atom. The van der Waals surface area contributed by atoms with Crippen LogP contribution in [0.2, 0.25) is 0 Å². The standard InChI is InChI=1S/C14H15F4NO2/c15-9-1-2-12(16)11(7-9)14(20)21-10-3-5-19(6-4-10)8-13(17)18/h1-2,7,10,13H,3-6,8H2. The summed E-state index contributed by atoms with van der Waals surface area (Å²) in [4.78, 5) is 13.4. The van der Waals surface area contributed by atoms with Crippen molar-refractivity contribution in [3.05, 3.63) is 35.4 Å². The fourth-order valence-corrected chi connectivity index (χ4v) is 2.27. The normalized spacial score (nSPS) is 17.2. The van der Waals surface area contributed by atoms with Gasteiger partial charge in [0.05, 0.1) is 12.1 Å². The third-order valence-corrected chi connectivity index (χ3v) is 3.35. The van der Waals surface area contributed by atoms with E-state index in [-0.39, 0.29) is 6.54 Å². The highest BCUT2D eigenvalue weighted by molar-refractivity contribution is 5.89. The third kappa shape index (κ3) is 4.42. The second-order valence-electron chi connectivity index (χ2n) is 4.92. The molecule has 0 spiro atoms. The number of ether oxygens (including phenoxy) is 1. The number of hydrogen-bond donors (Lipinski definition) is 0. The van der Waals surface area contributed by atoms with Crippen LogP contribution in [0.1, 0.15) is 23.2 Å². The molecule has 0 N–H and O–H groups in total. The van der Waals surface area contributed by atoms with E-state index in [2.05, 4.69) is 0 Å². The molecule has 0 atom stereocenters. The second-order valence-corrected chi connectivity index (χ2v) is 4.92. The topological polar surface area (TPSA) is 29.5 Å². The van der Waals surface area contributed by atoms with Gasteiger partial charge in [-0.2, -0.15) is 0 Å². The van der Waals surface area contributed by atoms with Crippen molar-refractivity contribution in [2.45, 2.75) is 25.4 Å². The molecule has 1 aromatic rings. The molecule has 0 radical (unpaired) electrons. The van der Waals surface area contributed by atoms with Crippen molar-refractivity contribution in [2.75, 3.05) is 19.6 Å². The summed E-state index contributed by atoms with van der Waals surface area (Å²) in [6, 6.07) is 2.55. The minimum atomic E-state index is -2.40. The Hall–Kier alpha value is -1.63. The maximum absolute atomic E-state index is 13.4. The first-order chi connectivity index (χ1) is 9.95. The first-order valence-corrected chi connectivity index (χ1v) is 6.62. The average Bonchev–Trinajstić information content (AvgIpc) is 2.43. The number of halogens is 4. The Kier molecular flexibility index (Phi) is 5.17. The number of carbonyl (C=O) groups excluding carboxylic acids is 1. The lowest BCUT2D eigenvalue weighted by molar-refractivity contribution is 0.00186. The van der Waals surface area contributed by atoms with Crippen LogP contribution >= 0.6 is 0 Å². The fraction of sp³-hybridized carbons (Fsp3) is 0.500. The molecule has 1 aromatic carbocycles. The van der Waals surface area contributed by atoms with Crippen molar-refractivity contribution in [1.82, 2.24) is 4.90 Å². The molecule has 0 amide bonds. The number of likely N-dealkylation sites (tertiary alicyclic amines) is 1. The number of benzene rings is 1. The largest absolute Gasteiger partial charge is 0.459 e. The van der Waals surface area contributed by atoms with E-state index in [4.69, 9.17) is 4.74 Å². The molecule has 2 rings (SSSR count). The van der Waals surface area contributed by atoms with Gasteiger partial charge >= 0.3 is 5.97 Å². The molecule has 1 aliphatic heterocycles. The number of piperidine rings is 1. The van der Waals surface area contributed by atoms with Crippen LogP contribution in [0.5, 0.6) is 0 Å². The molecule has 1 saturated heterocycles. The highest BCUT2D eigenvalue weighted by Crippen LogP contribution is 2.18. The predicted octanol–water partition coefficient (Wildman–Crippen LogP) is 2.85. The van der Waals surface area contributed by atoms with E-state index in [1.165, 1.54) is 0 Å². The molecule has 3 nitrogen and oxygen atoms in total. The van der Waals surface area contributed by atoms with Gasteiger partial charge in [-0.25, -0.2) is 22.4 Å². The maximum Gasteiger partial charge on any atom is 0.341 e. The van der Waals surface area contributed by atoms with Gasteiger partial charge < -0.3 is 4.74 Å². The summed E-state index contributed by atoms with van der Waals surface area (Å²) in [6.45, 7) is 0.459. The highest BCUT2D eigenvalue weighted by atomic mass is 19.3. The van der Waals surface area contributed by atoms with Gasteiger partial charge in [-0.1, -0.05) is 0 Å². The molecular weight excluding hydrogens is 290 g/mol. The summed E-state index contributed by atoms with van der Waals surface area (Å²) in [6.07, 6.45) is -2.07. The van der Waals surface area contributed by atoms with Crippen molar-refractivity contribution in [2.24, 2.45) is 0 Å². The SMILES string of the molecule is O=C(OC1CCN(CC(F)F)CC1)c1cc(F)ccc1F. The molecule has 0 aliphatic carbocycles. The molecule has 0 aromatic heterocycles. The smallest absolute Gasteiger partial charge is 0.341 e. The molecular formula is C14H15F4NO2. The van der Waals surface area contributed by atoms with E-state index in [9.17, 15) is 22.4 Å². The van der Waals surface area contributed by atoms with Gasteiger partial charge in [0.25, 0.3) is 6.43 Å². The van der Waals surface area contributed by atoms with Crippen LogP contribution in [0.4, 0.5) is 17.6 Å². The Bertz CT molecular complexity index is 502. The molecule has 0 saturated carbocycles. The number of carbonyl (C=O) groups is 1. The van der Waals surface area contributed by atoms with E-state index in [0.717, 1.165) is 18.2 Å². The first kappa shape index (κ1) is 15.8.